The highest BCUT2D eigenvalue weighted by molar-refractivity contribution is 6.76. The molecule has 0 unspecified atom stereocenters. The van der Waals surface area contributed by atoms with Crippen LogP contribution in [0.1, 0.15) is 5.56 Å². The Morgan fingerprint density at radius 2 is 1.74 bits per heavy atom. The number of hydrogen-bond donors (Lipinski definition) is 0. The lowest BCUT2D eigenvalue weighted by Gasteiger charge is -2.15. The van der Waals surface area contributed by atoms with Gasteiger partial charge in [-0.05, 0) is 23.7 Å². The van der Waals surface area contributed by atoms with Gasteiger partial charge in [0.25, 0.3) is 0 Å². The molecule has 0 atom stereocenters. The van der Waals surface area contributed by atoms with E-state index >= 15 is 0 Å². The third-order valence-corrected chi connectivity index (χ3v) is 6.29. The highest BCUT2D eigenvalue weighted by atomic mass is 28.3. The molecule has 0 amide bonds. The summed E-state index contributed by atoms with van der Waals surface area (Å²) in [4.78, 5) is 12.6. The van der Waals surface area contributed by atoms with Gasteiger partial charge in [-0.25, -0.2) is 4.79 Å². The summed E-state index contributed by atoms with van der Waals surface area (Å²) < 4.78 is 15.1. The van der Waals surface area contributed by atoms with Crippen LogP contribution in [0, 0.1) is 0 Å². The minimum atomic E-state index is -1.15. The first kappa shape index (κ1) is 19.4. The Balaban J connectivity index is 1.76. The van der Waals surface area contributed by atoms with Crippen molar-refractivity contribution in [3.05, 3.63) is 64.6 Å². The topological polar surface area (TPSA) is 45.4 Å². The van der Waals surface area contributed by atoms with E-state index in [1.807, 2.05) is 48.5 Å². The third kappa shape index (κ3) is 4.90. The molecule has 0 aliphatic carbocycles. The van der Waals surface area contributed by atoms with E-state index in [1.165, 1.54) is 0 Å². The molecule has 0 aliphatic heterocycles. The van der Waals surface area contributed by atoms with Gasteiger partial charge in [-0.2, -0.15) is 0 Å². The summed E-state index contributed by atoms with van der Waals surface area (Å²) in [6.45, 7) is 8.39. The van der Waals surface area contributed by atoms with Crippen LogP contribution in [0.3, 0.4) is 0 Å². The fourth-order valence-corrected chi connectivity index (χ4v) is 3.64. The maximum atomic E-state index is 12.6. The number of rotatable bonds is 8. The van der Waals surface area contributed by atoms with Crippen molar-refractivity contribution in [3.63, 3.8) is 0 Å². The lowest BCUT2D eigenvalue weighted by atomic mass is 10.2. The molecule has 0 radical (unpaired) electrons. The first-order chi connectivity index (χ1) is 12.8. The van der Waals surface area contributed by atoms with E-state index in [0.29, 0.717) is 13.2 Å². The number of benzene rings is 2. The van der Waals surface area contributed by atoms with E-state index < -0.39 is 8.07 Å². The average Bonchev–Trinajstić information content (AvgIpc) is 2.88. The Morgan fingerprint density at radius 3 is 2.44 bits per heavy atom. The second kappa shape index (κ2) is 8.15. The molecule has 0 bridgehead atoms. The smallest absolute Gasteiger partial charge is 0.330 e. The Morgan fingerprint density at radius 1 is 1.00 bits per heavy atom. The van der Waals surface area contributed by atoms with E-state index in [-0.39, 0.29) is 12.4 Å². The van der Waals surface area contributed by atoms with Crippen molar-refractivity contribution >= 4 is 19.1 Å². The summed E-state index contributed by atoms with van der Waals surface area (Å²) in [6, 6.07) is 16.9. The van der Waals surface area contributed by atoms with E-state index in [9.17, 15) is 4.79 Å². The van der Waals surface area contributed by atoms with Crippen LogP contribution >= 0.6 is 0 Å². The van der Waals surface area contributed by atoms with Crippen LogP contribution in [0.5, 0.6) is 5.75 Å². The molecule has 2 aromatic carbocycles. The van der Waals surface area contributed by atoms with Crippen LogP contribution in [0.2, 0.25) is 25.7 Å². The van der Waals surface area contributed by atoms with Gasteiger partial charge < -0.3 is 9.47 Å². The Labute approximate surface area is 161 Å². The second-order valence-electron chi connectivity index (χ2n) is 8.04. The van der Waals surface area contributed by atoms with E-state index in [4.69, 9.17) is 9.47 Å². The van der Waals surface area contributed by atoms with Crippen LogP contribution in [-0.4, -0.2) is 23.8 Å². The molecule has 0 aliphatic rings. The van der Waals surface area contributed by atoms with E-state index in [1.54, 1.807) is 16.2 Å². The molecule has 0 N–H and O–H groups in total. The van der Waals surface area contributed by atoms with Gasteiger partial charge in [-0.15, -0.1) is 0 Å². The summed E-state index contributed by atoms with van der Waals surface area (Å²) >= 11 is 0. The predicted molar refractivity (Wildman–Crippen MR) is 112 cm³/mol. The van der Waals surface area contributed by atoms with E-state index in [2.05, 4.69) is 19.6 Å². The number of imidazole rings is 1. The zero-order valence-electron chi connectivity index (χ0n) is 16.6. The summed E-state index contributed by atoms with van der Waals surface area (Å²) in [5, 5.41) is 0. The number of ether oxygens (including phenoxy) is 2. The normalized spacial score (nSPS) is 11.9. The van der Waals surface area contributed by atoms with Crippen molar-refractivity contribution in [2.75, 3.05) is 6.61 Å². The maximum absolute atomic E-state index is 12.6. The molecule has 144 valence electrons. The van der Waals surface area contributed by atoms with Crippen molar-refractivity contribution in [2.24, 2.45) is 7.05 Å². The van der Waals surface area contributed by atoms with Crippen molar-refractivity contribution in [1.82, 2.24) is 9.13 Å². The van der Waals surface area contributed by atoms with Crippen molar-refractivity contribution in [3.8, 4) is 5.75 Å². The molecule has 6 heteroatoms. The number of aryl methyl sites for hydroxylation is 1. The average molecular weight is 385 g/mol. The highest BCUT2D eigenvalue weighted by Crippen LogP contribution is 2.21. The molecule has 3 rings (SSSR count). The SMILES string of the molecule is Cn1c(=O)n(COCC[Si](C)(C)C)c2cc(OCc3ccccc3)ccc21. The minimum absolute atomic E-state index is 0.0711. The molecular weight excluding hydrogens is 356 g/mol. The van der Waals surface area contributed by atoms with Gasteiger partial charge in [-0.1, -0.05) is 50.0 Å². The summed E-state index contributed by atoms with van der Waals surface area (Å²) in [5.41, 5.74) is 2.75. The third-order valence-electron chi connectivity index (χ3n) is 4.58. The first-order valence-electron chi connectivity index (χ1n) is 9.29. The second-order valence-corrected chi connectivity index (χ2v) is 13.7. The lowest BCUT2D eigenvalue weighted by molar-refractivity contribution is 0.0873. The summed E-state index contributed by atoms with van der Waals surface area (Å²) in [5.74, 6) is 0.743. The number of hydrogen-bond acceptors (Lipinski definition) is 3. The van der Waals surface area contributed by atoms with Gasteiger partial charge in [0.05, 0.1) is 11.0 Å². The largest absolute Gasteiger partial charge is 0.489 e. The lowest BCUT2D eigenvalue weighted by Crippen LogP contribution is -2.25. The fraction of sp³-hybridized carbons (Fsp3) is 0.381. The first-order valence-corrected chi connectivity index (χ1v) is 13.0. The standard InChI is InChI=1S/C21H28N2O3Si/c1-22-19-11-10-18(26-15-17-8-6-5-7-9-17)14-20(19)23(21(22)24)16-25-12-13-27(2,3)4/h5-11,14H,12-13,15-16H2,1-4H3. The molecule has 0 saturated heterocycles. The van der Waals surface area contributed by atoms with Crippen LogP contribution in [-0.2, 0) is 25.1 Å². The molecule has 1 heterocycles. The number of fused-ring (bicyclic) bond motifs is 1. The minimum Gasteiger partial charge on any atom is -0.489 e. The van der Waals surface area contributed by atoms with Gasteiger partial charge in [0.2, 0.25) is 0 Å². The summed E-state index contributed by atoms with van der Waals surface area (Å²) in [6.07, 6.45) is 0. The quantitative estimate of drug-likeness (QED) is 0.431. The predicted octanol–water partition coefficient (Wildman–Crippen LogP) is 4.23. The molecule has 0 spiro atoms. The van der Waals surface area contributed by atoms with Gasteiger partial charge in [0.15, 0.2) is 0 Å². The number of aromatic nitrogens is 2. The molecule has 0 saturated carbocycles. The van der Waals surface area contributed by atoms with Crippen LogP contribution in [0.25, 0.3) is 11.0 Å². The zero-order chi connectivity index (χ0) is 19.4. The molecule has 27 heavy (non-hydrogen) atoms. The zero-order valence-corrected chi connectivity index (χ0v) is 17.6. The highest BCUT2D eigenvalue weighted by Gasteiger charge is 2.14. The Kier molecular flexibility index (Phi) is 5.87. The molecule has 3 aromatic rings. The van der Waals surface area contributed by atoms with Gasteiger partial charge in [-0.3, -0.25) is 9.13 Å². The molecule has 5 nitrogen and oxygen atoms in total. The van der Waals surface area contributed by atoms with Crippen LogP contribution in [0.15, 0.2) is 53.3 Å². The Bertz CT molecular complexity index is 955. The maximum Gasteiger partial charge on any atom is 0.330 e. The van der Waals surface area contributed by atoms with Crippen molar-refractivity contribution < 1.29 is 9.47 Å². The molecule has 0 fully saturated rings. The van der Waals surface area contributed by atoms with Crippen molar-refractivity contribution in [1.29, 1.82) is 0 Å². The van der Waals surface area contributed by atoms with Gasteiger partial charge in [0.1, 0.15) is 19.1 Å². The van der Waals surface area contributed by atoms with Crippen molar-refractivity contribution in [2.45, 2.75) is 39.0 Å². The molecule has 1 aromatic heterocycles. The van der Waals surface area contributed by atoms with Crippen LogP contribution < -0.4 is 10.4 Å². The monoisotopic (exact) mass is 384 g/mol. The molecular formula is C21H28N2O3Si. The van der Waals surface area contributed by atoms with Crippen LogP contribution in [0.4, 0.5) is 0 Å². The van der Waals surface area contributed by atoms with Gasteiger partial charge >= 0.3 is 5.69 Å². The number of nitrogens with zero attached hydrogens (tertiary/aromatic N) is 2. The fourth-order valence-electron chi connectivity index (χ4n) is 2.88. The summed E-state index contributed by atoms with van der Waals surface area (Å²) in [7, 11) is 0.638. The Hall–Kier alpha value is -2.31. The van der Waals surface area contributed by atoms with Gasteiger partial charge in [0, 0.05) is 27.8 Å². The van der Waals surface area contributed by atoms with E-state index in [0.717, 1.165) is 28.4 Å².